The molecule has 0 amide bonds. The second-order valence-electron chi connectivity index (χ2n) is 4.56. The summed E-state index contributed by atoms with van der Waals surface area (Å²) >= 11 is 0. The smallest absolute Gasteiger partial charge is 0.270 e. The van der Waals surface area contributed by atoms with Gasteiger partial charge < -0.3 is 4.74 Å². The summed E-state index contributed by atoms with van der Waals surface area (Å²) in [6, 6.07) is 15.2. The Balaban J connectivity index is 1.78. The van der Waals surface area contributed by atoms with Crippen molar-refractivity contribution >= 4 is 11.5 Å². The normalized spacial score (nSPS) is 20.4. The highest BCUT2D eigenvalue weighted by molar-refractivity contribution is 6.01. The van der Waals surface area contributed by atoms with Crippen molar-refractivity contribution in [1.82, 2.24) is 0 Å². The van der Waals surface area contributed by atoms with Crippen molar-refractivity contribution in [2.24, 2.45) is 0 Å². The van der Waals surface area contributed by atoms with Crippen LogP contribution in [0.5, 0.6) is 0 Å². The molecule has 0 radical (unpaired) electrons. The molecular formula is C15H11NO4. The van der Waals surface area contributed by atoms with Gasteiger partial charge in [-0.3, -0.25) is 14.9 Å². The van der Waals surface area contributed by atoms with Crippen molar-refractivity contribution in [3.05, 3.63) is 75.8 Å². The molecular weight excluding hydrogens is 258 g/mol. The number of hydrogen-bond donors (Lipinski definition) is 0. The average Bonchev–Trinajstić information content (AvgIpc) is 3.28. The third kappa shape index (κ3) is 2.31. The van der Waals surface area contributed by atoms with Gasteiger partial charge in [-0.05, 0) is 5.56 Å². The van der Waals surface area contributed by atoms with Crippen LogP contribution in [-0.2, 0) is 4.74 Å². The lowest BCUT2D eigenvalue weighted by atomic mass is 10.0. The minimum atomic E-state index is -0.542. The van der Waals surface area contributed by atoms with Gasteiger partial charge in [-0.25, -0.2) is 0 Å². The second kappa shape index (κ2) is 4.86. The number of ketones is 1. The Morgan fingerprint density at radius 3 is 2.55 bits per heavy atom. The Morgan fingerprint density at radius 1 is 1.10 bits per heavy atom. The Labute approximate surface area is 115 Å². The van der Waals surface area contributed by atoms with Crippen LogP contribution in [0.1, 0.15) is 22.0 Å². The van der Waals surface area contributed by atoms with E-state index in [1.807, 2.05) is 30.3 Å². The van der Waals surface area contributed by atoms with E-state index in [1.165, 1.54) is 18.2 Å². The predicted molar refractivity (Wildman–Crippen MR) is 71.5 cm³/mol. The fourth-order valence-electron chi connectivity index (χ4n) is 2.14. The largest absolute Gasteiger partial charge is 0.356 e. The first-order valence-electron chi connectivity index (χ1n) is 6.16. The van der Waals surface area contributed by atoms with E-state index in [0.717, 1.165) is 5.56 Å². The highest BCUT2D eigenvalue weighted by atomic mass is 16.6. The van der Waals surface area contributed by atoms with Gasteiger partial charge in [0.2, 0.25) is 0 Å². The van der Waals surface area contributed by atoms with Gasteiger partial charge in [0.25, 0.3) is 5.69 Å². The Kier molecular flexibility index (Phi) is 3.04. The SMILES string of the molecule is O=C(c1cccc([N+](=O)[O-])c1)[C@@H]1O[C@H]1c1ccccc1. The molecule has 0 N–H and O–H groups in total. The second-order valence-corrected chi connectivity index (χ2v) is 4.56. The van der Waals surface area contributed by atoms with E-state index in [-0.39, 0.29) is 17.6 Å². The van der Waals surface area contributed by atoms with Crippen molar-refractivity contribution in [3.63, 3.8) is 0 Å². The number of rotatable bonds is 4. The summed E-state index contributed by atoms with van der Waals surface area (Å²) < 4.78 is 5.40. The molecule has 2 aromatic rings. The molecule has 100 valence electrons. The molecule has 0 aromatic heterocycles. The maximum Gasteiger partial charge on any atom is 0.270 e. The fourth-order valence-corrected chi connectivity index (χ4v) is 2.14. The van der Waals surface area contributed by atoms with Gasteiger partial charge in [-0.2, -0.15) is 0 Å². The van der Waals surface area contributed by atoms with Crippen LogP contribution >= 0.6 is 0 Å². The molecule has 0 spiro atoms. The molecule has 1 aliphatic rings. The zero-order valence-electron chi connectivity index (χ0n) is 10.4. The molecule has 0 bridgehead atoms. The van der Waals surface area contributed by atoms with Crippen LogP contribution < -0.4 is 0 Å². The Bertz CT molecular complexity index is 669. The monoisotopic (exact) mass is 269 g/mol. The summed E-state index contributed by atoms with van der Waals surface area (Å²) in [7, 11) is 0. The van der Waals surface area contributed by atoms with E-state index < -0.39 is 11.0 Å². The minimum Gasteiger partial charge on any atom is -0.356 e. The first-order chi connectivity index (χ1) is 9.66. The quantitative estimate of drug-likeness (QED) is 0.370. The first-order valence-corrected chi connectivity index (χ1v) is 6.16. The lowest BCUT2D eigenvalue weighted by Gasteiger charge is -1.98. The van der Waals surface area contributed by atoms with Gasteiger partial charge in [0.05, 0.1) is 4.92 Å². The van der Waals surface area contributed by atoms with E-state index in [2.05, 4.69) is 0 Å². The van der Waals surface area contributed by atoms with Crippen molar-refractivity contribution in [3.8, 4) is 0 Å². The first kappa shape index (κ1) is 12.5. The minimum absolute atomic E-state index is 0.0900. The molecule has 20 heavy (non-hydrogen) atoms. The average molecular weight is 269 g/mol. The summed E-state index contributed by atoms with van der Waals surface area (Å²) in [5.74, 6) is -0.220. The standard InChI is InChI=1S/C15H11NO4/c17-13(11-7-4-8-12(9-11)16(18)19)15-14(20-15)10-5-2-1-3-6-10/h1-9,14-15H/t14-,15-/m0/s1. The van der Waals surface area contributed by atoms with Crippen LogP contribution in [0.4, 0.5) is 5.69 Å². The maximum absolute atomic E-state index is 12.2. The number of carbonyl (C=O) groups excluding carboxylic acids is 1. The van der Waals surface area contributed by atoms with Crippen LogP contribution in [0.3, 0.4) is 0 Å². The molecule has 2 atom stereocenters. The number of nitrogens with zero attached hydrogens (tertiary/aromatic N) is 1. The third-order valence-electron chi connectivity index (χ3n) is 3.22. The van der Waals surface area contributed by atoms with E-state index in [1.54, 1.807) is 6.07 Å². The number of carbonyl (C=O) groups is 1. The number of epoxide rings is 1. The topological polar surface area (TPSA) is 72.7 Å². The Morgan fingerprint density at radius 2 is 1.85 bits per heavy atom. The number of ether oxygens (including phenoxy) is 1. The van der Waals surface area contributed by atoms with Crippen molar-refractivity contribution in [2.45, 2.75) is 12.2 Å². The van der Waals surface area contributed by atoms with Gasteiger partial charge in [0, 0.05) is 17.7 Å². The van der Waals surface area contributed by atoms with Crippen molar-refractivity contribution < 1.29 is 14.5 Å². The molecule has 0 unspecified atom stereocenters. The zero-order chi connectivity index (χ0) is 14.1. The molecule has 5 nitrogen and oxygen atoms in total. The van der Waals surface area contributed by atoms with Gasteiger partial charge in [-0.15, -0.1) is 0 Å². The number of benzene rings is 2. The number of nitro groups is 1. The van der Waals surface area contributed by atoms with Crippen LogP contribution in [0, 0.1) is 10.1 Å². The lowest BCUT2D eigenvalue weighted by molar-refractivity contribution is -0.384. The number of hydrogen-bond acceptors (Lipinski definition) is 4. The molecule has 1 fully saturated rings. The van der Waals surface area contributed by atoms with E-state index in [0.29, 0.717) is 5.56 Å². The van der Waals surface area contributed by atoms with Crippen LogP contribution in [0.15, 0.2) is 54.6 Å². The van der Waals surface area contributed by atoms with E-state index in [9.17, 15) is 14.9 Å². The van der Waals surface area contributed by atoms with Crippen LogP contribution in [0.2, 0.25) is 0 Å². The molecule has 1 aliphatic heterocycles. The molecule has 3 rings (SSSR count). The van der Waals surface area contributed by atoms with Gasteiger partial charge >= 0.3 is 0 Å². The third-order valence-corrected chi connectivity index (χ3v) is 3.22. The highest BCUT2D eigenvalue weighted by Gasteiger charge is 2.46. The molecule has 5 heteroatoms. The number of Topliss-reactive ketones (excluding diaryl/α,β-unsaturated/α-hetero) is 1. The van der Waals surface area contributed by atoms with Crippen LogP contribution in [-0.4, -0.2) is 16.8 Å². The maximum atomic E-state index is 12.2. The molecule has 0 aliphatic carbocycles. The van der Waals surface area contributed by atoms with Crippen LogP contribution in [0.25, 0.3) is 0 Å². The predicted octanol–water partition coefficient (Wildman–Crippen LogP) is 2.92. The summed E-state index contributed by atoms with van der Waals surface area (Å²) in [4.78, 5) is 22.4. The highest BCUT2D eigenvalue weighted by Crippen LogP contribution is 2.40. The number of nitro benzene ring substituents is 1. The van der Waals surface area contributed by atoms with Gasteiger partial charge in [0.1, 0.15) is 6.10 Å². The molecule has 1 heterocycles. The van der Waals surface area contributed by atoms with E-state index in [4.69, 9.17) is 4.74 Å². The van der Waals surface area contributed by atoms with Gasteiger partial charge in [-0.1, -0.05) is 42.5 Å². The van der Waals surface area contributed by atoms with Crippen molar-refractivity contribution in [1.29, 1.82) is 0 Å². The summed E-state index contributed by atoms with van der Waals surface area (Å²) in [6.07, 6.45) is -0.789. The zero-order valence-corrected chi connectivity index (χ0v) is 10.4. The summed E-state index contributed by atoms with van der Waals surface area (Å²) in [6.45, 7) is 0. The molecule has 2 aromatic carbocycles. The molecule has 1 saturated heterocycles. The fraction of sp³-hybridized carbons (Fsp3) is 0.133. The molecule has 0 saturated carbocycles. The Hall–Kier alpha value is -2.53. The summed E-state index contributed by atoms with van der Waals surface area (Å²) in [5.41, 5.74) is 1.16. The van der Waals surface area contributed by atoms with Crippen molar-refractivity contribution in [2.75, 3.05) is 0 Å². The summed E-state index contributed by atoms with van der Waals surface area (Å²) in [5, 5.41) is 10.7. The van der Waals surface area contributed by atoms with E-state index >= 15 is 0 Å². The lowest BCUT2D eigenvalue weighted by Crippen LogP contribution is -2.08. The number of non-ortho nitro benzene ring substituents is 1. The van der Waals surface area contributed by atoms with Gasteiger partial charge in [0.15, 0.2) is 11.9 Å².